The van der Waals surface area contributed by atoms with Crippen LogP contribution in [0, 0.1) is 13.8 Å². The van der Waals surface area contributed by atoms with Crippen LogP contribution in [0.5, 0.6) is 11.5 Å². The fourth-order valence-corrected chi connectivity index (χ4v) is 2.55. The van der Waals surface area contributed by atoms with Gasteiger partial charge in [0.05, 0.1) is 25.2 Å². The Hall–Kier alpha value is -2.03. The van der Waals surface area contributed by atoms with Crippen LogP contribution >= 0.6 is 0 Å². The molecule has 0 saturated carbocycles. The summed E-state index contributed by atoms with van der Waals surface area (Å²) < 4.78 is 10.9. The van der Waals surface area contributed by atoms with E-state index < -0.39 is 0 Å². The lowest BCUT2D eigenvalue weighted by molar-refractivity contribution is 0.101. The van der Waals surface area contributed by atoms with Crippen molar-refractivity contribution in [2.24, 2.45) is 0 Å². The third kappa shape index (κ3) is 2.16. The topological polar surface area (TPSA) is 35.5 Å². The Labute approximate surface area is 113 Å². The molecular weight excluding hydrogens is 240 g/mol. The van der Waals surface area contributed by atoms with E-state index in [1.54, 1.807) is 21.1 Å². The van der Waals surface area contributed by atoms with Gasteiger partial charge in [-0.1, -0.05) is 12.1 Å². The number of hydrogen-bond acceptors (Lipinski definition) is 3. The van der Waals surface area contributed by atoms with Crippen LogP contribution in [0.15, 0.2) is 18.2 Å². The van der Waals surface area contributed by atoms with E-state index in [4.69, 9.17) is 9.47 Å². The standard InChI is InChI=1S/C16H18O3/c1-9-6-12-8-10(2)14(11(3)17)16(19-5)15(12)13(7-9)18-4/h6-8H,1-5H3. The molecule has 2 aromatic rings. The zero-order valence-electron chi connectivity index (χ0n) is 12.0. The number of carbonyl (C=O) groups is 1. The molecule has 0 aliphatic heterocycles. The SMILES string of the molecule is COc1cc(C)cc2cc(C)c(C(C)=O)c(OC)c12. The van der Waals surface area contributed by atoms with Gasteiger partial charge in [-0.05, 0) is 43.4 Å². The van der Waals surface area contributed by atoms with Crippen molar-refractivity contribution >= 4 is 16.6 Å². The predicted octanol–water partition coefficient (Wildman–Crippen LogP) is 3.68. The molecular formula is C16H18O3. The van der Waals surface area contributed by atoms with Gasteiger partial charge in [0.1, 0.15) is 11.5 Å². The molecule has 3 nitrogen and oxygen atoms in total. The van der Waals surface area contributed by atoms with Crippen LogP contribution in [0.2, 0.25) is 0 Å². The number of rotatable bonds is 3. The second-order valence-corrected chi connectivity index (χ2v) is 4.72. The fraction of sp³-hybridized carbons (Fsp3) is 0.312. The molecule has 2 rings (SSSR count). The van der Waals surface area contributed by atoms with Gasteiger partial charge in [0.15, 0.2) is 5.78 Å². The summed E-state index contributed by atoms with van der Waals surface area (Å²) in [5, 5.41) is 1.88. The van der Waals surface area contributed by atoms with Crippen LogP contribution in [0.3, 0.4) is 0 Å². The molecule has 0 aliphatic carbocycles. The number of carbonyl (C=O) groups excluding carboxylic acids is 1. The highest BCUT2D eigenvalue weighted by atomic mass is 16.5. The molecule has 0 fully saturated rings. The lowest BCUT2D eigenvalue weighted by Crippen LogP contribution is -2.02. The van der Waals surface area contributed by atoms with E-state index in [-0.39, 0.29) is 5.78 Å². The van der Waals surface area contributed by atoms with E-state index in [1.165, 1.54) is 0 Å². The first-order valence-electron chi connectivity index (χ1n) is 6.16. The van der Waals surface area contributed by atoms with Crippen molar-refractivity contribution in [1.82, 2.24) is 0 Å². The molecule has 0 N–H and O–H groups in total. The molecule has 0 aromatic heterocycles. The van der Waals surface area contributed by atoms with Crippen LogP contribution in [-0.4, -0.2) is 20.0 Å². The smallest absolute Gasteiger partial charge is 0.163 e. The molecule has 0 heterocycles. The number of Topliss-reactive ketones (excluding diaryl/α,β-unsaturated/α-hetero) is 1. The van der Waals surface area contributed by atoms with E-state index in [1.807, 2.05) is 26.0 Å². The van der Waals surface area contributed by atoms with E-state index in [9.17, 15) is 4.79 Å². The van der Waals surface area contributed by atoms with Gasteiger partial charge in [-0.3, -0.25) is 4.79 Å². The summed E-state index contributed by atoms with van der Waals surface area (Å²) in [6.07, 6.45) is 0. The van der Waals surface area contributed by atoms with Crippen molar-refractivity contribution in [3.05, 3.63) is 34.9 Å². The summed E-state index contributed by atoms with van der Waals surface area (Å²) in [5.74, 6) is 1.33. The second kappa shape index (κ2) is 4.92. The normalized spacial score (nSPS) is 10.6. The maximum absolute atomic E-state index is 11.8. The first-order chi connectivity index (χ1) is 8.99. The highest BCUT2D eigenvalue weighted by molar-refractivity contribution is 6.07. The van der Waals surface area contributed by atoms with Crippen molar-refractivity contribution in [1.29, 1.82) is 0 Å². The van der Waals surface area contributed by atoms with Crippen molar-refractivity contribution < 1.29 is 14.3 Å². The van der Waals surface area contributed by atoms with Gasteiger partial charge in [0.2, 0.25) is 0 Å². The maximum atomic E-state index is 11.8. The Bertz CT molecular complexity index is 657. The highest BCUT2D eigenvalue weighted by Crippen LogP contribution is 2.39. The van der Waals surface area contributed by atoms with Gasteiger partial charge in [-0.2, -0.15) is 0 Å². The van der Waals surface area contributed by atoms with E-state index in [0.29, 0.717) is 11.3 Å². The van der Waals surface area contributed by atoms with Crippen LogP contribution in [0.4, 0.5) is 0 Å². The second-order valence-electron chi connectivity index (χ2n) is 4.72. The lowest BCUT2D eigenvalue weighted by atomic mass is 9.96. The van der Waals surface area contributed by atoms with Gasteiger partial charge in [-0.25, -0.2) is 0 Å². The third-order valence-corrected chi connectivity index (χ3v) is 3.27. The molecule has 0 bridgehead atoms. The quantitative estimate of drug-likeness (QED) is 0.788. The number of fused-ring (bicyclic) bond motifs is 1. The van der Waals surface area contributed by atoms with Crippen molar-refractivity contribution in [3.8, 4) is 11.5 Å². The minimum absolute atomic E-state index is 0.00104. The van der Waals surface area contributed by atoms with Crippen LogP contribution < -0.4 is 9.47 Å². The molecule has 0 amide bonds. The molecule has 2 aromatic carbocycles. The largest absolute Gasteiger partial charge is 0.496 e. The Morgan fingerprint density at radius 3 is 2.26 bits per heavy atom. The summed E-state index contributed by atoms with van der Waals surface area (Å²) in [7, 11) is 3.21. The Kier molecular flexibility index (Phi) is 3.47. The van der Waals surface area contributed by atoms with Gasteiger partial charge in [0, 0.05) is 0 Å². The Morgan fingerprint density at radius 2 is 1.74 bits per heavy atom. The first-order valence-corrected chi connectivity index (χ1v) is 6.16. The number of hydrogen-bond donors (Lipinski definition) is 0. The minimum atomic E-state index is -0.00104. The molecule has 19 heavy (non-hydrogen) atoms. The Morgan fingerprint density at radius 1 is 1.05 bits per heavy atom. The third-order valence-electron chi connectivity index (χ3n) is 3.27. The predicted molar refractivity (Wildman–Crippen MR) is 76.5 cm³/mol. The average molecular weight is 258 g/mol. The zero-order valence-corrected chi connectivity index (χ0v) is 12.0. The zero-order chi connectivity index (χ0) is 14.2. The molecule has 0 aliphatic rings. The number of ether oxygens (including phenoxy) is 2. The van der Waals surface area contributed by atoms with Crippen molar-refractivity contribution in [3.63, 3.8) is 0 Å². The van der Waals surface area contributed by atoms with Crippen LogP contribution in [0.1, 0.15) is 28.4 Å². The number of ketones is 1. The summed E-state index contributed by atoms with van der Waals surface area (Å²) in [6, 6.07) is 6.02. The van der Waals surface area contributed by atoms with E-state index in [2.05, 4.69) is 6.07 Å². The van der Waals surface area contributed by atoms with E-state index in [0.717, 1.165) is 27.6 Å². The van der Waals surface area contributed by atoms with Crippen LogP contribution in [-0.2, 0) is 0 Å². The van der Waals surface area contributed by atoms with Crippen molar-refractivity contribution in [2.75, 3.05) is 14.2 Å². The maximum Gasteiger partial charge on any atom is 0.163 e. The van der Waals surface area contributed by atoms with Gasteiger partial charge >= 0.3 is 0 Å². The first kappa shape index (κ1) is 13.4. The lowest BCUT2D eigenvalue weighted by Gasteiger charge is -2.16. The molecule has 0 radical (unpaired) electrons. The van der Waals surface area contributed by atoms with Gasteiger partial charge in [-0.15, -0.1) is 0 Å². The summed E-state index contributed by atoms with van der Waals surface area (Å²) in [5.41, 5.74) is 2.66. The van der Waals surface area contributed by atoms with Gasteiger partial charge in [0.25, 0.3) is 0 Å². The number of aryl methyl sites for hydroxylation is 2. The van der Waals surface area contributed by atoms with Gasteiger partial charge < -0.3 is 9.47 Å². The highest BCUT2D eigenvalue weighted by Gasteiger charge is 2.18. The molecule has 0 unspecified atom stereocenters. The molecule has 0 spiro atoms. The van der Waals surface area contributed by atoms with Crippen molar-refractivity contribution in [2.45, 2.75) is 20.8 Å². The monoisotopic (exact) mass is 258 g/mol. The molecule has 3 heteroatoms. The number of benzene rings is 2. The minimum Gasteiger partial charge on any atom is -0.496 e. The fourth-order valence-electron chi connectivity index (χ4n) is 2.55. The molecule has 100 valence electrons. The van der Waals surface area contributed by atoms with Crippen LogP contribution in [0.25, 0.3) is 10.8 Å². The number of methoxy groups -OCH3 is 2. The average Bonchev–Trinajstić information content (AvgIpc) is 2.35. The molecule has 0 saturated heterocycles. The van der Waals surface area contributed by atoms with E-state index >= 15 is 0 Å². The summed E-state index contributed by atoms with van der Waals surface area (Å²) in [4.78, 5) is 11.8. The summed E-state index contributed by atoms with van der Waals surface area (Å²) in [6.45, 7) is 5.49. The Balaban J connectivity index is 2.99. The summed E-state index contributed by atoms with van der Waals surface area (Å²) >= 11 is 0. The molecule has 0 atom stereocenters.